The fraction of sp³-hybridized carbons (Fsp3) is 0. The summed E-state index contributed by atoms with van der Waals surface area (Å²) in [6.07, 6.45) is 0. The van der Waals surface area contributed by atoms with Crippen molar-refractivity contribution in [3.05, 3.63) is 0 Å². The second-order valence-corrected chi connectivity index (χ2v) is 0. The molecule has 0 saturated heterocycles. The largest absolute Gasteiger partial charge is 2.00 e. The van der Waals surface area contributed by atoms with Crippen LogP contribution in [0.25, 0.3) is 0 Å². The quantitative estimate of drug-likeness (QED) is 0.275. The average molecular weight is 107 g/mol. The van der Waals surface area contributed by atoms with Gasteiger partial charge in [-0.05, 0) is 0 Å². The smallest absolute Gasteiger partial charge is 1.00 e. The van der Waals surface area contributed by atoms with Gasteiger partial charge in [-0.1, -0.05) is 0 Å². The summed E-state index contributed by atoms with van der Waals surface area (Å²) >= 11 is 0. The van der Waals surface area contributed by atoms with Crippen molar-refractivity contribution in [3.63, 3.8) is 0 Å². The number of hydrogen-bond donors (Lipinski definition) is 0. The molecular formula is H4F2Mg2O. The van der Waals surface area contributed by atoms with Crippen LogP contribution in [0, 0.1) is 0 Å². The molecular weight excluding hydrogens is 103 g/mol. The van der Waals surface area contributed by atoms with E-state index in [1.807, 2.05) is 0 Å². The fourth-order valence-corrected chi connectivity index (χ4v) is 0. The molecule has 0 radical (unpaired) electrons. The Bertz CT molecular complexity index is 13.7. The van der Waals surface area contributed by atoms with E-state index in [1.54, 1.807) is 0 Å². The molecule has 0 aliphatic carbocycles. The summed E-state index contributed by atoms with van der Waals surface area (Å²) in [5, 5.41) is 0. The normalized spacial score (nSPS) is 0. The maximum atomic E-state index is 0. The Morgan fingerprint density at radius 1 is 0.800 bits per heavy atom. The van der Waals surface area contributed by atoms with E-state index >= 15 is 0 Å². The van der Waals surface area contributed by atoms with E-state index in [0.29, 0.717) is 0 Å². The molecule has 0 rings (SSSR count). The molecule has 0 aromatic rings. The maximum Gasteiger partial charge on any atom is 2.00 e. The predicted molar refractivity (Wildman–Crippen MR) is 17.3 cm³/mol. The summed E-state index contributed by atoms with van der Waals surface area (Å²) in [6, 6.07) is 0. The molecule has 0 aliphatic rings. The van der Waals surface area contributed by atoms with Crippen LogP contribution in [0.4, 0.5) is 0 Å². The molecule has 0 unspecified atom stereocenters. The Hall–Kier alpha value is 1.35. The van der Waals surface area contributed by atoms with Gasteiger partial charge in [0.25, 0.3) is 0 Å². The van der Waals surface area contributed by atoms with Crippen LogP contribution in [0.3, 0.4) is 0 Å². The maximum absolute atomic E-state index is 0. The molecule has 0 aliphatic heterocycles. The third-order valence-corrected chi connectivity index (χ3v) is 0. The summed E-state index contributed by atoms with van der Waals surface area (Å²) < 4.78 is 0. The average Bonchev–Trinajstić information content (AvgIpc) is 0. The second kappa shape index (κ2) is 55.4. The first-order valence-electron chi connectivity index (χ1n) is 0. The Labute approximate surface area is 63.8 Å². The van der Waals surface area contributed by atoms with Gasteiger partial charge in [0.05, 0.1) is 0 Å². The third kappa shape index (κ3) is 32.9. The minimum Gasteiger partial charge on any atom is -1.00 e. The Balaban J connectivity index is 0. The molecule has 0 saturated carbocycles. The molecule has 1 nitrogen and oxygen atoms in total. The summed E-state index contributed by atoms with van der Waals surface area (Å²) in [6.45, 7) is 0. The standard InChI is InChI=1S/2FH.2Mg.H2O.2H/h2*1H;;;1H2;;/q;;2*+2;;2*-1/p-2. The molecule has 28 valence electrons. The van der Waals surface area contributed by atoms with E-state index in [1.165, 1.54) is 0 Å². The van der Waals surface area contributed by atoms with Crippen molar-refractivity contribution in [2.45, 2.75) is 0 Å². The zero-order valence-electron chi connectivity index (χ0n) is 4.67. The van der Waals surface area contributed by atoms with Gasteiger partial charge in [-0.3, -0.25) is 0 Å². The van der Waals surface area contributed by atoms with Gasteiger partial charge in [-0.15, -0.1) is 0 Å². The first-order valence-corrected chi connectivity index (χ1v) is 0. The van der Waals surface area contributed by atoms with Crippen molar-refractivity contribution in [2.75, 3.05) is 0 Å². The molecule has 5 heteroatoms. The van der Waals surface area contributed by atoms with Crippen molar-refractivity contribution in [1.82, 2.24) is 0 Å². The fourth-order valence-electron chi connectivity index (χ4n) is 0. The Morgan fingerprint density at radius 3 is 0.800 bits per heavy atom. The van der Waals surface area contributed by atoms with E-state index in [9.17, 15) is 0 Å². The molecule has 5 heavy (non-hydrogen) atoms. The second-order valence-electron chi connectivity index (χ2n) is 0. The summed E-state index contributed by atoms with van der Waals surface area (Å²) in [4.78, 5) is 0. The van der Waals surface area contributed by atoms with E-state index in [2.05, 4.69) is 0 Å². The number of hydrogen-bond acceptors (Lipinski definition) is 0. The molecule has 0 heterocycles. The number of rotatable bonds is 0. The molecule has 0 spiro atoms. The summed E-state index contributed by atoms with van der Waals surface area (Å²) in [7, 11) is 0. The van der Waals surface area contributed by atoms with Crippen LogP contribution in [-0.4, -0.2) is 51.6 Å². The Kier molecular flexibility index (Phi) is 1100. The van der Waals surface area contributed by atoms with E-state index < -0.39 is 0 Å². The van der Waals surface area contributed by atoms with Gasteiger partial charge in [-0.25, -0.2) is 0 Å². The summed E-state index contributed by atoms with van der Waals surface area (Å²) in [5.41, 5.74) is 0. The van der Waals surface area contributed by atoms with Crippen LogP contribution >= 0.6 is 0 Å². The molecule has 0 bridgehead atoms. The SMILES string of the molecule is O.[F-].[F-].[H-].[H-].[Mg+2].[Mg+2]. The molecule has 0 amide bonds. The minimum absolute atomic E-state index is 0. The van der Waals surface area contributed by atoms with Gasteiger partial charge in [0.2, 0.25) is 0 Å². The molecule has 2 N–H and O–H groups in total. The first kappa shape index (κ1) is 99.5. The van der Waals surface area contributed by atoms with Crippen molar-refractivity contribution < 1.29 is 17.7 Å². The molecule has 0 aromatic carbocycles. The van der Waals surface area contributed by atoms with Gasteiger partial charge in [0.15, 0.2) is 0 Å². The van der Waals surface area contributed by atoms with Gasteiger partial charge in [-0.2, -0.15) is 0 Å². The molecule has 0 aromatic heterocycles. The zero-order chi connectivity index (χ0) is 0. The predicted octanol–water partition coefficient (Wildman–Crippen LogP) is -7.35. The third-order valence-electron chi connectivity index (χ3n) is 0. The van der Waals surface area contributed by atoms with Crippen LogP contribution in [0.5, 0.6) is 0 Å². The van der Waals surface area contributed by atoms with Crippen LogP contribution in [-0.2, 0) is 0 Å². The minimum atomic E-state index is 0. The monoisotopic (exact) mass is 106 g/mol. The van der Waals surface area contributed by atoms with Crippen LogP contribution in [0.2, 0.25) is 0 Å². The van der Waals surface area contributed by atoms with Gasteiger partial charge >= 0.3 is 46.1 Å². The van der Waals surface area contributed by atoms with Gasteiger partial charge in [0, 0.05) is 0 Å². The first-order chi connectivity index (χ1) is 0. The van der Waals surface area contributed by atoms with Crippen LogP contribution < -0.4 is 9.41 Å². The van der Waals surface area contributed by atoms with Gasteiger partial charge < -0.3 is 17.7 Å². The van der Waals surface area contributed by atoms with E-state index in [0.717, 1.165) is 0 Å². The van der Waals surface area contributed by atoms with E-state index in [4.69, 9.17) is 0 Å². The number of halogens is 2. The van der Waals surface area contributed by atoms with Crippen molar-refractivity contribution in [2.24, 2.45) is 0 Å². The molecule has 0 atom stereocenters. The van der Waals surface area contributed by atoms with Crippen molar-refractivity contribution in [1.29, 1.82) is 0 Å². The van der Waals surface area contributed by atoms with Gasteiger partial charge in [0.1, 0.15) is 0 Å². The van der Waals surface area contributed by atoms with Crippen LogP contribution in [0.15, 0.2) is 0 Å². The Morgan fingerprint density at radius 2 is 0.800 bits per heavy atom. The van der Waals surface area contributed by atoms with Crippen molar-refractivity contribution >= 4 is 46.1 Å². The topological polar surface area (TPSA) is 31.5 Å². The van der Waals surface area contributed by atoms with Crippen molar-refractivity contribution in [3.8, 4) is 0 Å². The van der Waals surface area contributed by atoms with Crippen LogP contribution in [0.1, 0.15) is 2.85 Å². The molecule has 0 fully saturated rings. The summed E-state index contributed by atoms with van der Waals surface area (Å²) in [5.74, 6) is 0. The van der Waals surface area contributed by atoms with E-state index in [-0.39, 0.29) is 63.8 Å². The zero-order valence-corrected chi connectivity index (χ0v) is 5.50.